The standard InChI is InChI=1S/C18H17F4N3O2/c19-12-4-2-1-3-11(12)16(18(20,21)22)27-15-8-5-10(9-24-15)13-6-7-14(25-13)17(23)26/h1-5,8-9,13-14,16,25H,6-7H2,(H2,23,26)/t13-,14+,16?/m1/s1. The van der Waals surface area contributed by atoms with Gasteiger partial charge in [0, 0.05) is 23.9 Å². The van der Waals surface area contributed by atoms with Gasteiger partial charge in [-0.15, -0.1) is 0 Å². The number of hydrogen-bond donors (Lipinski definition) is 2. The first-order chi connectivity index (χ1) is 12.8. The molecule has 0 radical (unpaired) electrons. The molecule has 0 bridgehead atoms. The van der Waals surface area contributed by atoms with Crippen LogP contribution in [0.4, 0.5) is 17.6 Å². The molecule has 2 heterocycles. The Morgan fingerprint density at radius 1 is 1.22 bits per heavy atom. The summed E-state index contributed by atoms with van der Waals surface area (Å²) in [5.74, 6) is -1.75. The number of hydrogen-bond acceptors (Lipinski definition) is 4. The van der Waals surface area contributed by atoms with Gasteiger partial charge in [0.15, 0.2) is 0 Å². The molecule has 3 atom stereocenters. The van der Waals surface area contributed by atoms with Crippen molar-refractivity contribution in [1.82, 2.24) is 10.3 Å². The van der Waals surface area contributed by atoms with Crippen LogP contribution in [0.3, 0.4) is 0 Å². The molecule has 0 aliphatic carbocycles. The van der Waals surface area contributed by atoms with Crippen molar-refractivity contribution in [2.45, 2.75) is 37.2 Å². The van der Waals surface area contributed by atoms with E-state index in [0.29, 0.717) is 18.4 Å². The normalized spacial score (nSPS) is 21.0. The number of halogens is 4. The second-order valence-corrected chi connectivity index (χ2v) is 6.24. The largest absolute Gasteiger partial charge is 0.460 e. The number of carbonyl (C=O) groups is 1. The number of aromatic nitrogens is 1. The van der Waals surface area contributed by atoms with Gasteiger partial charge in [0.2, 0.25) is 17.9 Å². The molecule has 1 aliphatic rings. The van der Waals surface area contributed by atoms with E-state index in [9.17, 15) is 22.4 Å². The van der Waals surface area contributed by atoms with Crippen molar-refractivity contribution < 1.29 is 27.1 Å². The van der Waals surface area contributed by atoms with Crippen LogP contribution in [0.15, 0.2) is 42.6 Å². The minimum atomic E-state index is -4.82. The fraction of sp³-hybridized carbons (Fsp3) is 0.333. The summed E-state index contributed by atoms with van der Waals surface area (Å²) in [5.41, 5.74) is 5.33. The zero-order valence-electron chi connectivity index (χ0n) is 14.0. The number of nitrogens with zero attached hydrogens (tertiary/aromatic N) is 1. The van der Waals surface area contributed by atoms with Gasteiger partial charge in [0.25, 0.3) is 0 Å². The number of nitrogens with two attached hydrogens (primary N) is 1. The number of primary amides is 1. The highest BCUT2D eigenvalue weighted by atomic mass is 19.4. The predicted molar refractivity (Wildman–Crippen MR) is 88.2 cm³/mol. The summed E-state index contributed by atoms with van der Waals surface area (Å²) in [6.45, 7) is 0. The average molecular weight is 383 g/mol. The molecular weight excluding hydrogens is 366 g/mol. The fourth-order valence-corrected chi connectivity index (χ4v) is 3.01. The highest BCUT2D eigenvalue weighted by Crippen LogP contribution is 2.37. The van der Waals surface area contributed by atoms with E-state index in [1.165, 1.54) is 24.4 Å². The van der Waals surface area contributed by atoms with Crippen LogP contribution in [0, 0.1) is 5.82 Å². The number of benzene rings is 1. The van der Waals surface area contributed by atoms with Crippen molar-refractivity contribution in [3.05, 3.63) is 59.5 Å². The quantitative estimate of drug-likeness (QED) is 0.778. The van der Waals surface area contributed by atoms with Gasteiger partial charge in [-0.3, -0.25) is 10.1 Å². The minimum absolute atomic E-state index is 0.172. The molecule has 27 heavy (non-hydrogen) atoms. The number of ether oxygens (including phenoxy) is 1. The molecule has 5 nitrogen and oxygen atoms in total. The molecule has 1 aromatic carbocycles. The van der Waals surface area contributed by atoms with E-state index in [4.69, 9.17) is 10.5 Å². The van der Waals surface area contributed by atoms with E-state index in [1.807, 2.05) is 0 Å². The van der Waals surface area contributed by atoms with Crippen molar-refractivity contribution in [3.63, 3.8) is 0 Å². The van der Waals surface area contributed by atoms with Gasteiger partial charge in [-0.05, 0) is 24.5 Å². The van der Waals surface area contributed by atoms with E-state index < -0.39 is 35.6 Å². The Labute approximate surface area is 152 Å². The third-order valence-corrected chi connectivity index (χ3v) is 4.38. The average Bonchev–Trinajstić information content (AvgIpc) is 3.10. The van der Waals surface area contributed by atoms with Crippen LogP contribution in [-0.2, 0) is 4.79 Å². The Morgan fingerprint density at radius 3 is 2.52 bits per heavy atom. The number of carbonyl (C=O) groups excluding carboxylic acids is 1. The molecule has 9 heteroatoms. The van der Waals surface area contributed by atoms with Gasteiger partial charge in [-0.1, -0.05) is 24.3 Å². The molecule has 3 rings (SSSR count). The summed E-state index contributed by atoms with van der Waals surface area (Å²) in [6, 6.07) is 6.79. The highest BCUT2D eigenvalue weighted by Gasteiger charge is 2.44. The van der Waals surface area contributed by atoms with Gasteiger partial charge in [0.1, 0.15) is 5.82 Å². The minimum Gasteiger partial charge on any atom is -0.460 e. The molecule has 3 N–H and O–H groups in total. The van der Waals surface area contributed by atoms with E-state index in [-0.39, 0.29) is 11.9 Å². The molecule has 1 saturated heterocycles. The van der Waals surface area contributed by atoms with Crippen LogP contribution >= 0.6 is 0 Å². The summed E-state index contributed by atoms with van der Waals surface area (Å²) < 4.78 is 58.8. The first-order valence-electron chi connectivity index (χ1n) is 8.25. The van der Waals surface area contributed by atoms with Crippen LogP contribution < -0.4 is 15.8 Å². The lowest BCUT2D eigenvalue weighted by Crippen LogP contribution is -2.37. The summed E-state index contributed by atoms with van der Waals surface area (Å²) in [7, 11) is 0. The van der Waals surface area contributed by atoms with Gasteiger partial charge in [-0.2, -0.15) is 13.2 Å². The maximum atomic E-state index is 13.8. The molecule has 1 amide bonds. The Balaban J connectivity index is 1.76. The van der Waals surface area contributed by atoms with Crippen LogP contribution in [0.1, 0.15) is 36.1 Å². The first-order valence-corrected chi connectivity index (χ1v) is 8.25. The van der Waals surface area contributed by atoms with Crippen LogP contribution in [0.2, 0.25) is 0 Å². The summed E-state index contributed by atoms with van der Waals surface area (Å²) in [6.07, 6.45) is -4.70. The molecule has 1 aliphatic heterocycles. The second-order valence-electron chi connectivity index (χ2n) is 6.24. The second kappa shape index (κ2) is 7.51. The van der Waals surface area contributed by atoms with Gasteiger partial charge < -0.3 is 10.5 Å². The van der Waals surface area contributed by atoms with Crippen LogP contribution in [-0.4, -0.2) is 23.1 Å². The third kappa shape index (κ3) is 4.36. The zero-order valence-corrected chi connectivity index (χ0v) is 14.0. The smallest absolute Gasteiger partial charge is 0.429 e. The number of amides is 1. The summed E-state index contributed by atoms with van der Waals surface area (Å²) in [5, 5.41) is 3.04. The van der Waals surface area contributed by atoms with Crippen LogP contribution in [0.25, 0.3) is 0 Å². The lowest BCUT2D eigenvalue weighted by molar-refractivity contribution is -0.199. The molecular formula is C18H17F4N3O2. The van der Waals surface area contributed by atoms with Crippen molar-refractivity contribution in [1.29, 1.82) is 0 Å². The lowest BCUT2D eigenvalue weighted by atomic mass is 10.1. The highest BCUT2D eigenvalue weighted by molar-refractivity contribution is 5.80. The number of pyridine rings is 1. The van der Waals surface area contributed by atoms with Crippen molar-refractivity contribution >= 4 is 5.91 Å². The summed E-state index contributed by atoms with van der Waals surface area (Å²) >= 11 is 0. The molecule has 1 aromatic heterocycles. The Hall–Kier alpha value is -2.68. The number of nitrogens with one attached hydrogen (secondary N) is 1. The van der Waals surface area contributed by atoms with Gasteiger partial charge >= 0.3 is 6.18 Å². The van der Waals surface area contributed by atoms with Gasteiger partial charge in [0.05, 0.1) is 6.04 Å². The Kier molecular flexibility index (Phi) is 5.31. The number of rotatable bonds is 5. The molecule has 0 saturated carbocycles. The molecule has 0 spiro atoms. The third-order valence-electron chi connectivity index (χ3n) is 4.38. The topological polar surface area (TPSA) is 77.2 Å². The Bertz CT molecular complexity index is 811. The van der Waals surface area contributed by atoms with E-state index in [2.05, 4.69) is 10.3 Å². The van der Waals surface area contributed by atoms with Crippen molar-refractivity contribution in [2.24, 2.45) is 5.73 Å². The SMILES string of the molecule is NC(=O)[C@@H]1CC[C@H](c2ccc(OC(c3ccccc3F)C(F)(F)F)nc2)N1. The van der Waals surface area contributed by atoms with Crippen molar-refractivity contribution in [2.75, 3.05) is 0 Å². The van der Waals surface area contributed by atoms with E-state index in [1.54, 1.807) is 6.07 Å². The van der Waals surface area contributed by atoms with Crippen LogP contribution in [0.5, 0.6) is 5.88 Å². The fourth-order valence-electron chi connectivity index (χ4n) is 3.01. The lowest BCUT2D eigenvalue weighted by Gasteiger charge is -2.22. The monoisotopic (exact) mass is 383 g/mol. The molecule has 2 aromatic rings. The maximum absolute atomic E-state index is 13.8. The molecule has 1 unspecified atom stereocenters. The predicted octanol–water partition coefficient (Wildman–Crippen LogP) is 3.18. The van der Waals surface area contributed by atoms with Crippen molar-refractivity contribution in [3.8, 4) is 5.88 Å². The van der Waals surface area contributed by atoms with E-state index >= 15 is 0 Å². The van der Waals surface area contributed by atoms with Gasteiger partial charge in [-0.25, -0.2) is 9.37 Å². The Morgan fingerprint density at radius 2 is 1.96 bits per heavy atom. The zero-order chi connectivity index (χ0) is 19.6. The first kappa shape index (κ1) is 19.1. The van der Waals surface area contributed by atoms with E-state index in [0.717, 1.165) is 12.1 Å². The molecule has 144 valence electrons. The summed E-state index contributed by atoms with van der Waals surface area (Å²) in [4.78, 5) is 15.1. The molecule has 1 fully saturated rings. The maximum Gasteiger partial charge on any atom is 0.429 e. The number of alkyl halides is 3.